The average Bonchev–Trinajstić information content (AvgIpc) is 3.12. The summed E-state index contributed by atoms with van der Waals surface area (Å²) in [7, 11) is 0. The maximum absolute atomic E-state index is 12.5. The van der Waals surface area contributed by atoms with Crippen molar-refractivity contribution >= 4 is 22.6 Å². The summed E-state index contributed by atoms with van der Waals surface area (Å²) >= 11 is 0. The zero-order valence-corrected chi connectivity index (χ0v) is 15.1. The number of benzene rings is 2. The van der Waals surface area contributed by atoms with Crippen molar-refractivity contribution in [3.63, 3.8) is 0 Å². The molecule has 2 aromatic heterocycles. The summed E-state index contributed by atoms with van der Waals surface area (Å²) in [4.78, 5) is 16.6. The second kappa shape index (κ2) is 7.50. The summed E-state index contributed by atoms with van der Waals surface area (Å²) in [6.07, 6.45) is 1.69. The van der Waals surface area contributed by atoms with E-state index in [2.05, 4.69) is 20.5 Å². The Labute approximate surface area is 161 Å². The van der Waals surface area contributed by atoms with Gasteiger partial charge in [0.1, 0.15) is 6.04 Å². The first-order valence-electron chi connectivity index (χ1n) is 8.89. The lowest BCUT2D eigenvalue weighted by Crippen LogP contribution is -2.33. The van der Waals surface area contributed by atoms with Gasteiger partial charge >= 0.3 is 0 Å². The summed E-state index contributed by atoms with van der Waals surface area (Å²) < 4.78 is 0. The van der Waals surface area contributed by atoms with Gasteiger partial charge in [0.25, 0.3) is 0 Å². The fourth-order valence-corrected chi connectivity index (χ4v) is 3.07. The predicted molar refractivity (Wildman–Crippen MR) is 109 cm³/mol. The van der Waals surface area contributed by atoms with Crippen molar-refractivity contribution in [1.29, 1.82) is 0 Å². The van der Waals surface area contributed by atoms with E-state index in [9.17, 15) is 4.79 Å². The monoisotopic (exact) mass is 372 g/mol. The molecule has 0 saturated carbocycles. The van der Waals surface area contributed by atoms with Crippen LogP contribution in [0.3, 0.4) is 0 Å². The van der Waals surface area contributed by atoms with E-state index in [-0.39, 0.29) is 5.91 Å². The molecule has 0 bridgehead atoms. The number of pyridine rings is 1. The van der Waals surface area contributed by atoms with Crippen LogP contribution in [0.4, 0.5) is 5.82 Å². The van der Waals surface area contributed by atoms with Crippen LogP contribution in [0.2, 0.25) is 0 Å². The van der Waals surface area contributed by atoms with E-state index in [1.54, 1.807) is 6.20 Å². The van der Waals surface area contributed by atoms with Gasteiger partial charge < -0.3 is 16.8 Å². The number of anilines is 1. The van der Waals surface area contributed by atoms with Crippen LogP contribution in [0.25, 0.3) is 22.0 Å². The van der Waals surface area contributed by atoms with Gasteiger partial charge in [0, 0.05) is 11.6 Å². The van der Waals surface area contributed by atoms with Gasteiger partial charge in [-0.25, -0.2) is 0 Å². The SMILES string of the molecule is Nc1n[nH]c2cc(-c3cccc(C(N)C(=O)NCc4ccccn4)c3)ccc12. The van der Waals surface area contributed by atoms with Crippen LogP contribution < -0.4 is 16.8 Å². The third-order valence-electron chi connectivity index (χ3n) is 4.62. The minimum atomic E-state index is -0.768. The van der Waals surface area contributed by atoms with Gasteiger partial charge in [0.05, 0.1) is 17.8 Å². The highest BCUT2D eigenvalue weighted by Crippen LogP contribution is 2.27. The topological polar surface area (TPSA) is 123 Å². The highest BCUT2D eigenvalue weighted by Gasteiger charge is 2.16. The van der Waals surface area contributed by atoms with Gasteiger partial charge in [0.15, 0.2) is 5.82 Å². The lowest BCUT2D eigenvalue weighted by atomic mass is 9.98. The number of nitrogens with zero attached hydrogens (tertiary/aromatic N) is 2. The summed E-state index contributed by atoms with van der Waals surface area (Å²) in [5, 5.41) is 10.6. The summed E-state index contributed by atoms with van der Waals surface area (Å²) in [5.74, 6) is 0.224. The minimum Gasteiger partial charge on any atom is -0.382 e. The molecule has 28 heavy (non-hydrogen) atoms. The highest BCUT2D eigenvalue weighted by molar-refractivity contribution is 5.92. The highest BCUT2D eigenvalue weighted by atomic mass is 16.2. The molecule has 4 rings (SSSR count). The molecule has 0 aliphatic rings. The van der Waals surface area contributed by atoms with E-state index < -0.39 is 6.04 Å². The Bertz CT molecular complexity index is 1120. The molecule has 0 saturated heterocycles. The Morgan fingerprint density at radius 2 is 1.93 bits per heavy atom. The Balaban J connectivity index is 1.52. The molecule has 0 aliphatic heterocycles. The van der Waals surface area contributed by atoms with E-state index in [0.717, 1.165) is 33.3 Å². The zero-order valence-electron chi connectivity index (χ0n) is 15.1. The lowest BCUT2D eigenvalue weighted by Gasteiger charge is -2.14. The van der Waals surface area contributed by atoms with Crippen molar-refractivity contribution in [2.75, 3.05) is 5.73 Å². The fourth-order valence-electron chi connectivity index (χ4n) is 3.07. The average molecular weight is 372 g/mol. The van der Waals surface area contributed by atoms with E-state index >= 15 is 0 Å². The Morgan fingerprint density at radius 3 is 2.75 bits per heavy atom. The Hall–Kier alpha value is -3.71. The molecule has 6 N–H and O–H groups in total. The van der Waals surface area contributed by atoms with Gasteiger partial charge in [-0.15, -0.1) is 0 Å². The number of hydrogen-bond acceptors (Lipinski definition) is 5. The van der Waals surface area contributed by atoms with Gasteiger partial charge in [0.2, 0.25) is 5.91 Å². The first kappa shape index (κ1) is 17.7. The molecule has 1 unspecified atom stereocenters. The molecule has 2 aromatic carbocycles. The van der Waals surface area contributed by atoms with Gasteiger partial charge in [-0.3, -0.25) is 14.9 Å². The van der Waals surface area contributed by atoms with E-state index in [1.807, 2.05) is 60.7 Å². The van der Waals surface area contributed by atoms with Crippen LogP contribution in [-0.2, 0) is 11.3 Å². The van der Waals surface area contributed by atoms with Crippen molar-refractivity contribution in [2.24, 2.45) is 5.73 Å². The van der Waals surface area contributed by atoms with E-state index in [0.29, 0.717) is 12.4 Å². The number of amides is 1. The molecule has 0 aliphatic carbocycles. The second-order valence-corrected chi connectivity index (χ2v) is 6.51. The maximum atomic E-state index is 12.5. The number of carbonyl (C=O) groups is 1. The van der Waals surface area contributed by atoms with Crippen LogP contribution in [0.15, 0.2) is 66.9 Å². The third-order valence-corrected chi connectivity index (χ3v) is 4.62. The number of aromatic nitrogens is 3. The minimum absolute atomic E-state index is 0.250. The van der Waals surface area contributed by atoms with Crippen molar-refractivity contribution in [1.82, 2.24) is 20.5 Å². The number of H-pyrrole nitrogens is 1. The molecule has 140 valence electrons. The Morgan fingerprint density at radius 1 is 1.07 bits per heavy atom. The molecular formula is C21H20N6O. The molecule has 0 fully saturated rings. The Kier molecular flexibility index (Phi) is 4.74. The summed E-state index contributed by atoms with van der Waals surface area (Å²) in [5.41, 5.74) is 16.3. The van der Waals surface area contributed by atoms with Crippen molar-refractivity contribution in [3.8, 4) is 11.1 Å². The zero-order chi connectivity index (χ0) is 19.5. The molecule has 7 nitrogen and oxygen atoms in total. The largest absolute Gasteiger partial charge is 0.382 e. The number of carbonyl (C=O) groups excluding carboxylic acids is 1. The van der Waals surface area contributed by atoms with Crippen molar-refractivity contribution in [3.05, 3.63) is 78.1 Å². The number of fused-ring (bicyclic) bond motifs is 1. The molecule has 0 spiro atoms. The van der Waals surface area contributed by atoms with Crippen molar-refractivity contribution < 1.29 is 4.79 Å². The summed E-state index contributed by atoms with van der Waals surface area (Å²) in [6.45, 7) is 0.338. The quantitative estimate of drug-likeness (QED) is 0.429. The standard InChI is InChI=1S/C21H20N6O/c22-19(21(28)25-12-16-6-1-2-9-24-16)15-5-3-4-13(10-15)14-7-8-17-18(11-14)26-27-20(17)23/h1-11,19H,12,22H2,(H,25,28)(H3,23,26,27). The van der Waals surface area contributed by atoms with Crippen LogP contribution >= 0.6 is 0 Å². The number of nitrogens with one attached hydrogen (secondary N) is 2. The van der Waals surface area contributed by atoms with Crippen LogP contribution in [0, 0.1) is 0 Å². The first-order valence-corrected chi connectivity index (χ1v) is 8.89. The number of nitrogen functional groups attached to an aromatic ring is 1. The van der Waals surface area contributed by atoms with Gasteiger partial charge in [-0.1, -0.05) is 30.3 Å². The number of hydrogen-bond donors (Lipinski definition) is 4. The molecule has 7 heteroatoms. The molecule has 4 aromatic rings. The number of aromatic amines is 1. The van der Waals surface area contributed by atoms with Crippen LogP contribution in [0.5, 0.6) is 0 Å². The molecule has 0 radical (unpaired) electrons. The second-order valence-electron chi connectivity index (χ2n) is 6.51. The van der Waals surface area contributed by atoms with Crippen LogP contribution in [0.1, 0.15) is 17.3 Å². The molecule has 2 heterocycles. The predicted octanol–water partition coefficient (Wildman–Crippen LogP) is 2.52. The van der Waals surface area contributed by atoms with E-state index in [4.69, 9.17) is 11.5 Å². The third kappa shape index (κ3) is 3.56. The van der Waals surface area contributed by atoms with E-state index in [1.165, 1.54) is 0 Å². The van der Waals surface area contributed by atoms with Gasteiger partial charge in [-0.05, 0) is 47.0 Å². The fraction of sp³-hybridized carbons (Fsp3) is 0.0952. The molecule has 1 amide bonds. The van der Waals surface area contributed by atoms with Crippen LogP contribution in [-0.4, -0.2) is 21.1 Å². The van der Waals surface area contributed by atoms with Crippen molar-refractivity contribution in [2.45, 2.75) is 12.6 Å². The number of nitrogens with two attached hydrogens (primary N) is 2. The number of rotatable bonds is 5. The first-order chi connectivity index (χ1) is 13.6. The molecular weight excluding hydrogens is 352 g/mol. The maximum Gasteiger partial charge on any atom is 0.241 e. The smallest absolute Gasteiger partial charge is 0.241 e. The lowest BCUT2D eigenvalue weighted by molar-refractivity contribution is -0.122. The summed E-state index contributed by atoms with van der Waals surface area (Å²) in [6, 6.07) is 18.3. The van der Waals surface area contributed by atoms with Gasteiger partial charge in [-0.2, -0.15) is 5.10 Å². The normalized spacial score (nSPS) is 12.0. The molecule has 1 atom stereocenters.